The quantitative estimate of drug-likeness (QED) is 0.704. The Morgan fingerprint density at radius 1 is 1.06 bits per heavy atom. The molecule has 0 aromatic carbocycles. The topological polar surface area (TPSA) is 12.9 Å². The Morgan fingerprint density at radius 3 is 2.17 bits per heavy atom. The Balaban J connectivity index is 2.68. The summed E-state index contributed by atoms with van der Waals surface area (Å²) in [6.45, 7) is 14.2. The third kappa shape index (κ3) is 5.81. The van der Waals surface area contributed by atoms with E-state index in [9.17, 15) is 0 Å². The molecule has 0 N–H and O–H groups in total. The van der Waals surface area contributed by atoms with Crippen molar-refractivity contribution in [3.05, 3.63) is 30.1 Å². The van der Waals surface area contributed by atoms with Crippen LogP contribution in [0.15, 0.2) is 24.4 Å². The Bertz CT molecular complexity index is 346. The van der Waals surface area contributed by atoms with Crippen molar-refractivity contribution in [1.29, 1.82) is 0 Å². The van der Waals surface area contributed by atoms with Crippen LogP contribution >= 0.6 is 0 Å². The Morgan fingerprint density at radius 2 is 1.72 bits per heavy atom. The molecule has 0 spiro atoms. The maximum absolute atomic E-state index is 4.50. The van der Waals surface area contributed by atoms with Gasteiger partial charge in [0.2, 0.25) is 0 Å². The van der Waals surface area contributed by atoms with E-state index in [2.05, 4.69) is 58.7 Å². The fourth-order valence-corrected chi connectivity index (χ4v) is 5.13. The van der Waals surface area contributed by atoms with Crippen molar-refractivity contribution in [2.75, 3.05) is 0 Å². The fourth-order valence-electron chi connectivity index (χ4n) is 1.98. The summed E-state index contributed by atoms with van der Waals surface area (Å²) in [6, 6.07) is 8.86. The van der Waals surface area contributed by atoms with Crippen LogP contribution in [0.4, 0.5) is 0 Å². The molecule has 0 saturated carbocycles. The van der Waals surface area contributed by atoms with Gasteiger partial charge in [-0.05, 0) is 28.6 Å². The van der Waals surface area contributed by atoms with E-state index in [-0.39, 0.29) is 0 Å². The second kappa shape index (κ2) is 6.01. The zero-order valence-electron chi connectivity index (χ0n) is 12.9. The predicted molar refractivity (Wildman–Crippen MR) is 82.3 cm³/mol. The summed E-state index contributed by atoms with van der Waals surface area (Å²) in [5, 5.41) is 0.452. The van der Waals surface area contributed by atoms with Crippen molar-refractivity contribution in [1.82, 2.24) is 4.98 Å². The molecule has 1 rings (SSSR count). The first kappa shape index (κ1) is 15.4. The lowest BCUT2D eigenvalue weighted by atomic mass is 9.94. The lowest BCUT2D eigenvalue weighted by Crippen LogP contribution is -2.30. The lowest BCUT2D eigenvalue weighted by molar-refractivity contribution is 0.394. The van der Waals surface area contributed by atoms with Gasteiger partial charge in [-0.15, -0.1) is 0 Å². The molecule has 2 heteroatoms. The van der Waals surface area contributed by atoms with Crippen molar-refractivity contribution >= 4 is 8.80 Å². The van der Waals surface area contributed by atoms with Gasteiger partial charge in [-0.2, -0.15) is 0 Å². The normalized spacial score (nSPS) is 13.1. The minimum atomic E-state index is -0.408. The van der Waals surface area contributed by atoms with Gasteiger partial charge >= 0.3 is 0 Å². The third-order valence-corrected chi connectivity index (χ3v) is 7.12. The third-order valence-electron chi connectivity index (χ3n) is 3.36. The van der Waals surface area contributed by atoms with Crippen molar-refractivity contribution < 1.29 is 0 Å². The van der Waals surface area contributed by atoms with Crippen molar-refractivity contribution in [2.24, 2.45) is 5.41 Å². The molecule has 1 heterocycles. The average molecular weight is 262 g/mol. The Kier molecular flexibility index (Phi) is 5.15. The number of aromatic nitrogens is 1. The maximum atomic E-state index is 4.50. The molecule has 0 aliphatic heterocycles. The number of hydrogen-bond acceptors (Lipinski definition) is 1. The number of nitrogens with zero attached hydrogens (tertiary/aromatic N) is 1. The molecule has 0 bridgehead atoms. The second-order valence-electron chi connectivity index (χ2n) is 7.41. The molecule has 1 nitrogen and oxygen atoms in total. The van der Waals surface area contributed by atoms with Gasteiger partial charge in [0.15, 0.2) is 0 Å². The highest BCUT2D eigenvalue weighted by molar-refractivity contribution is 6.61. The first-order valence-corrected chi connectivity index (χ1v) is 8.85. The van der Waals surface area contributed by atoms with Crippen LogP contribution in [0.2, 0.25) is 11.1 Å². The fraction of sp³-hybridized carbons (Fsp3) is 0.688. The molecular formula is C16H28NSi. The summed E-state index contributed by atoms with van der Waals surface area (Å²) in [5.41, 5.74) is 1.72. The van der Waals surface area contributed by atoms with E-state index in [1.165, 1.54) is 24.2 Å². The summed E-state index contributed by atoms with van der Waals surface area (Å²) >= 11 is 0. The zero-order chi connectivity index (χ0) is 13.8. The van der Waals surface area contributed by atoms with Crippen molar-refractivity contribution in [3.8, 4) is 0 Å². The van der Waals surface area contributed by atoms with E-state index in [0.717, 1.165) is 0 Å². The minimum Gasteiger partial charge on any atom is -0.262 e. The highest BCUT2D eigenvalue weighted by Gasteiger charge is 2.28. The Labute approximate surface area is 115 Å². The van der Waals surface area contributed by atoms with Crippen LogP contribution < -0.4 is 0 Å². The SMILES string of the molecule is CC(C)(C)CC[Si](Cc1ccccn1)C(C)(C)C. The summed E-state index contributed by atoms with van der Waals surface area (Å²) < 4.78 is 0. The van der Waals surface area contributed by atoms with Gasteiger partial charge in [0.25, 0.3) is 0 Å². The number of hydrogen-bond donors (Lipinski definition) is 0. The van der Waals surface area contributed by atoms with Crippen LogP contribution in [-0.2, 0) is 6.04 Å². The summed E-state index contributed by atoms with van der Waals surface area (Å²) in [6.07, 6.45) is 3.24. The Hall–Kier alpha value is -0.633. The first-order chi connectivity index (χ1) is 8.18. The van der Waals surface area contributed by atoms with Crippen molar-refractivity contribution in [2.45, 2.75) is 65.1 Å². The van der Waals surface area contributed by atoms with E-state index in [1.807, 2.05) is 12.3 Å². The predicted octanol–water partition coefficient (Wildman–Crippen LogP) is 4.89. The van der Waals surface area contributed by atoms with Crippen LogP contribution in [0, 0.1) is 5.41 Å². The van der Waals surface area contributed by atoms with E-state index in [1.54, 1.807) is 0 Å². The van der Waals surface area contributed by atoms with Crippen LogP contribution in [-0.4, -0.2) is 13.8 Å². The molecule has 1 aromatic rings. The lowest BCUT2D eigenvalue weighted by Gasteiger charge is -2.31. The van der Waals surface area contributed by atoms with E-state index in [4.69, 9.17) is 0 Å². The molecule has 0 saturated heterocycles. The average Bonchev–Trinajstić information content (AvgIpc) is 2.22. The highest BCUT2D eigenvalue weighted by Crippen LogP contribution is 2.34. The van der Waals surface area contributed by atoms with Crippen LogP contribution in [0.1, 0.15) is 53.7 Å². The molecule has 18 heavy (non-hydrogen) atoms. The van der Waals surface area contributed by atoms with Gasteiger partial charge in [0, 0.05) is 11.9 Å². The molecule has 1 aromatic heterocycles. The summed E-state index contributed by atoms with van der Waals surface area (Å²) in [7, 11) is -0.408. The monoisotopic (exact) mass is 262 g/mol. The summed E-state index contributed by atoms with van der Waals surface area (Å²) in [4.78, 5) is 4.50. The molecular weight excluding hydrogens is 234 g/mol. The van der Waals surface area contributed by atoms with E-state index < -0.39 is 8.80 Å². The molecule has 101 valence electrons. The maximum Gasteiger partial charge on any atom is 0.0602 e. The molecule has 0 atom stereocenters. The zero-order valence-corrected chi connectivity index (χ0v) is 13.9. The molecule has 0 amide bonds. The van der Waals surface area contributed by atoms with Crippen molar-refractivity contribution in [3.63, 3.8) is 0 Å². The summed E-state index contributed by atoms with van der Waals surface area (Å²) in [5.74, 6) is 0. The molecule has 0 aliphatic carbocycles. The van der Waals surface area contributed by atoms with Gasteiger partial charge in [0.05, 0.1) is 8.80 Å². The van der Waals surface area contributed by atoms with Gasteiger partial charge in [-0.25, -0.2) is 0 Å². The molecule has 0 fully saturated rings. The minimum absolute atomic E-state index is 0.408. The number of pyridine rings is 1. The van der Waals surface area contributed by atoms with E-state index >= 15 is 0 Å². The van der Waals surface area contributed by atoms with Crippen LogP contribution in [0.25, 0.3) is 0 Å². The van der Waals surface area contributed by atoms with Crippen LogP contribution in [0.5, 0.6) is 0 Å². The van der Waals surface area contributed by atoms with E-state index in [0.29, 0.717) is 10.5 Å². The highest BCUT2D eigenvalue weighted by atomic mass is 28.3. The van der Waals surface area contributed by atoms with Crippen LogP contribution in [0.3, 0.4) is 0 Å². The van der Waals surface area contributed by atoms with Gasteiger partial charge < -0.3 is 0 Å². The molecule has 0 unspecified atom stereocenters. The smallest absolute Gasteiger partial charge is 0.0602 e. The van der Waals surface area contributed by atoms with Gasteiger partial charge in [-0.1, -0.05) is 60.1 Å². The number of rotatable bonds is 4. The standard InChI is InChI=1S/C16H28NSi/c1-15(2,3)10-12-18(16(4,5)6)13-14-9-7-8-11-17-14/h7-9,11H,10,12-13H2,1-6H3. The molecule has 1 radical (unpaired) electrons. The molecule has 0 aliphatic rings. The van der Waals surface area contributed by atoms with Gasteiger partial charge in [0.1, 0.15) is 0 Å². The van der Waals surface area contributed by atoms with Gasteiger partial charge in [-0.3, -0.25) is 4.98 Å². The second-order valence-corrected chi connectivity index (χ2v) is 11.0. The first-order valence-electron chi connectivity index (χ1n) is 6.93. The largest absolute Gasteiger partial charge is 0.262 e.